The van der Waals surface area contributed by atoms with Crippen LogP contribution in [0.3, 0.4) is 0 Å². The maximum atomic E-state index is 10.2. The van der Waals surface area contributed by atoms with Crippen LogP contribution in [0.5, 0.6) is 5.75 Å². The summed E-state index contributed by atoms with van der Waals surface area (Å²) in [7, 11) is 1.65. The molecule has 1 aromatic carbocycles. The summed E-state index contributed by atoms with van der Waals surface area (Å²) in [5.74, 6) is 0.771. The van der Waals surface area contributed by atoms with Crippen molar-refractivity contribution < 1.29 is 9.84 Å². The second-order valence-electron chi connectivity index (χ2n) is 5.84. The van der Waals surface area contributed by atoms with Gasteiger partial charge in [0.2, 0.25) is 0 Å². The summed E-state index contributed by atoms with van der Waals surface area (Å²) in [5.41, 5.74) is 0.940. The number of benzene rings is 1. The zero-order valence-corrected chi connectivity index (χ0v) is 13.0. The van der Waals surface area contributed by atoms with Crippen molar-refractivity contribution in [3.8, 4) is 5.75 Å². The molecule has 0 aliphatic rings. The number of aliphatic hydroxyl groups is 1. The van der Waals surface area contributed by atoms with Crippen LogP contribution in [-0.2, 0) is 11.0 Å². The van der Waals surface area contributed by atoms with E-state index in [9.17, 15) is 5.11 Å². The Morgan fingerprint density at radius 2 is 1.53 bits per heavy atom. The highest BCUT2D eigenvalue weighted by molar-refractivity contribution is 9.10. The Hall–Kier alpha value is -0.540. The molecule has 2 nitrogen and oxygen atoms in total. The van der Waals surface area contributed by atoms with Gasteiger partial charge in [0, 0.05) is 15.6 Å². The Balaban J connectivity index is 3.58. The van der Waals surface area contributed by atoms with Gasteiger partial charge in [-0.1, -0.05) is 36.7 Å². The fourth-order valence-electron chi connectivity index (χ4n) is 1.83. The Bertz CT molecular complexity index is 376. The molecule has 0 saturated heterocycles. The Kier molecular flexibility index (Phi) is 3.94. The molecule has 1 aromatic rings. The fourth-order valence-corrected chi connectivity index (χ4v) is 2.28. The van der Waals surface area contributed by atoms with Crippen molar-refractivity contribution in [2.75, 3.05) is 7.11 Å². The minimum atomic E-state index is -0.922. The molecule has 3 heteroatoms. The van der Waals surface area contributed by atoms with Gasteiger partial charge in [-0.2, -0.15) is 0 Å². The van der Waals surface area contributed by atoms with Gasteiger partial charge in [-0.15, -0.1) is 0 Å². The first-order chi connectivity index (χ1) is 7.57. The third-order valence-electron chi connectivity index (χ3n) is 2.72. The first-order valence-electron chi connectivity index (χ1n) is 5.68. The first-order valence-corrected chi connectivity index (χ1v) is 6.47. The smallest absolute Gasteiger partial charge is 0.128 e. The quantitative estimate of drug-likeness (QED) is 0.895. The molecule has 0 radical (unpaired) electrons. The van der Waals surface area contributed by atoms with E-state index in [0.717, 1.165) is 21.3 Å². The van der Waals surface area contributed by atoms with E-state index in [-0.39, 0.29) is 5.41 Å². The van der Waals surface area contributed by atoms with Crippen LogP contribution >= 0.6 is 15.9 Å². The topological polar surface area (TPSA) is 29.5 Å². The summed E-state index contributed by atoms with van der Waals surface area (Å²) in [6.07, 6.45) is 0. The lowest BCUT2D eigenvalue weighted by molar-refractivity contribution is 0.0753. The first kappa shape index (κ1) is 14.5. The van der Waals surface area contributed by atoms with Crippen molar-refractivity contribution in [1.82, 2.24) is 0 Å². The average Bonchev–Trinajstić information content (AvgIpc) is 2.13. The molecule has 0 bridgehead atoms. The van der Waals surface area contributed by atoms with Gasteiger partial charge in [-0.3, -0.25) is 0 Å². The highest BCUT2D eigenvalue weighted by Crippen LogP contribution is 2.40. The molecule has 0 saturated carbocycles. The molecule has 0 spiro atoms. The van der Waals surface area contributed by atoms with Gasteiger partial charge < -0.3 is 9.84 Å². The summed E-state index contributed by atoms with van der Waals surface area (Å²) in [6, 6.07) is 3.96. The molecule has 0 aliphatic heterocycles. The van der Waals surface area contributed by atoms with E-state index < -0.39 is 5.60 Å². The van der Waals surface area contributed by atoms with Gasteiger partial charge in [-0.25, -0.2) is 0 Å². The van der Waals surface area contributed by atoms with Crippen molar-refractivity contribution in [1.29, 1.82) is 0 Å². The minimum Gasteiger partial charge on any atom is -0.496 e. The lowest BCUT2D eigenvalue weighted by Crippen LogP contribution is -2.21. The summed E-state index contributed by atoms with van der Waals surface area (Å²) in [4.78, 5) is 0. The summed E-state index contributed by atoms with van der Waals surface area (Å²) < 4.78 is 6.46. The minimum absolute atomic E-state index is 0.0326. The zero-order valence-electron chi connectivity index (χ0n) is 11.4. The van der Waals surface area contributed by atoms with E-state index in [1.807, 2.05) is 12.1 Å². The van der Waals surface area contributed by atoms with E-state index in [0.29, 0.717) is 0 Å². The van der Waals surface area contributed by atoms with Gasteiger partial charge >= 0.3 is 0 Å². The maximum absolute atomic E-state index is 10.2. The Morgan fingerprint density at radius 3 is 1.88 bits per heavy atom. The molecule has 17 heavy (non-hydrogen) atoms. The highest BCUT2D eigenvalue weighted by Gasteiger charge is 2.28. The summed E-state index contributed by atoms with van der Waals surface area (Å²) in [6.45, 7) is 9.93. The largest absolute Gasteiger partial charge is 0.496 e. The molecule has 1 N–H and O–H groups in total. The van der Waals surface area contributed by atoms with Crippen LogP contribution in [0, 0.1) is 0 Å². The normalized spacial score (nSPS) is 12.7. The number of rotatable bonds is 2. The average molecular weight is 301 g/mol. The number of methoxy groups -OCH3 is 1. The van der Waals surface area contributed by atoms with Crippen LogP contribution < -0.4 is 4.74 Å². The van der Waals surface area contributed by atoms with Crippen LogP contribution in [0.25, 0.3) is 0 Å². The van der Waals surface area contributed by atoms with E-state index >= 15 is 0 Å². The number of ether oxygens (including phenoxy) is 1. The monoisotopic (exact) mass is 300 g/mol. The molecule has 96 valence electrons. The molecule has 0 atom stereocenters. The second-order valence-corrected chi connectivity index (χ2v) is 6.76. The molecule has 0 heterocycles. The van der Waals surface area contributed by atoms with Crippen LogP contribution in [-0.4, -0.2) is 12.2 Å². The lowest BCUT2D eigenvalue weighted by atomic mass is 9.83. The molecule has 0 fully saturated rings. The van der Waals surface area contributed by atoms with Crippen LogP contribution in [0.4, 0.5) is 0 Å². The molecule has 0 amide bonds. The van der Waals surface area contributed by atoms with E-state index in [1.54, 1.807) is 21.0 Å². The molecular weight excluding hydrogens is 280 g/mol. The molecular formula is C14H21BrO2. The third-order valence-corrected chi connectivity index (χ3v) is 3.18. The SMILES string of the molecule is COc1c(C(C)(C)C)cc(Br)cc1C(C)(C)O. The van der Waals surface area contributed by atoms with E-state index in [2.05, 4.69) is 36.7 Å². The zero-order chi connectivity index (χ0) is 13.4. The van der Waals surface area contributed by atoms with Gasteiger partial charge in [-0.05, 0) is 31.4 Å². The fraction of sp³-hybridized carbons (Fsp3) is 0.571. The van der Waals surface area contributed by atoms with Crippen molar-refractivity contribution in [2.45, 2.75) is 45.6 Å². The van der Waals surface area contributed by atoms with Crippen molar-refractivity contribution in [3.63, 3.8) is 0 Å². The van der Waals surface area contributed by atoms with Gasteiger partial charge in [0.1, 0.15) is 5.75 Å². The highest BCUT2D eigenvalue weighted by atomic mass is 79.9. The predicted octanol–water partition coefficient (Wildman–Crippen LogP) is 3.98. The molecule has 0 aromatic heterocycles. The van der Waals surface area contributed by atoms with Gasteiger partial charge in [0.05, 0.1) is 12.7 Å². The lowest BCUT2D eigenvalue weighted by Gasteiger charge is -2.28. The molecule has 0 unspecified atom stereocenters. The van der Waals surface area contributed by atoms with Gasteiger partial charge in [0.25, 0.3) is 0 Å². The van der Waals surface area contributed by atoms with Crippen LogP contribution in [0.2, 0.25) is 0 Å². The van der Waals surface area contributed by atoms with Crippen LogP contribution in [0.1, 0.15) is 45.7 Å². The third kappa shape index (κ3) is 3.23. The van der Waals surface area contributed by atoms with E-state index in [1.165, 1.54) is 0 Å². The number of halogens is 1. The van der Waals surface area contributed by atoms with Gasteiger partial charge in [0.15, 0.2) is 0 Å². The Morgan fingerprint density at radius 1 is 1.06 bits per heavy atom. The van der Waals surface area contributed by atoms with Crippen LogP contribution in [0.15, 0.2) is 16.6 Å². The van der Waals surface area contributed by atoms with Crippen molar-refractivity contribution in [2.24, 2.45) is 0 Å². The van der Waals surface area contributed by atoms with Crippen molar-refractivity contribution >= 4 is 15.9 Å². The van der Waals surface area contributed by atoms with Crippen molar-refractivity contribution in [3.05, 3.63) is 27.7 Å². The summed E-state index contributed by atoms with van der Waals surface area (Å²) >= 11 is 3.49. The number of hydrogen-bond acceptors (Lipinski definition) is 2. The standard InChI is InChI=1S/C14H21BrO2/c1-13(2,3)10-7-9(15)8-11(12(10)17-6)14(4,5)16/h7-8,16H,1-6H3. The maximum Gasteiger partial charge on any atom is 0.128 e. The molecule has 1 rings (SSSR count). The van der Waals surface area contributed by atoms with E-state index in [4.69, 9.17) is 4.74 Å². The second kappa shape index (κ2) is 4.62. The summed E-state index contributed by atoms with van der Waals surface area (Å²) in [5, 5.41) is 10.2. The molecule has 0 aliphatic carbocycles. The number of hydrogen-bond donors (Lipinski definition) is 1. The Labute approximate surface area is 112 Å². The predicted molar refractivity (Wildman–Crippen MR) is 74.6 cm³/mol.